The van der Waals surface area contributed by atoms with Crippen LogP contribution < -0.4 is 10.9 Å². The van der Waals surface area contributed by atoms with Crippen LogP contribution in [0.3, 0.4) is 0 Å². The minimum Gasteiger partial charge on any atom is -0.301 e. The molecule has 3 fully saturated rings. The maximum atomic E-state index is 13.5. The SMILES string of the molecule is CC1CC(F)CCC1CN1CCN(C2NNC(=O)CC2C)CC1. The number of piperazine rings is 1. The van der Waals surface area contributed by atoms with Gasteiger partial charge >= 0.3 is 0 Å². The summed E-state index contributed by atoms with van der Waals surface area (Å²) in [4.78, 5) is 16.4. The zero-order valence-electron chi connectivity index (χ0n) is 14.4. The Labute approximate surface area is 138 Å². The fourth-order valence-electron chi connectivity index (χ4n) is 4.42. The van der Waals surface area contributed by atoms with Crippen molar-refractivity contribution in [2.75, 3.05) is 32.7 Å². The third-order valence-corrected chi connectivity index (χ3v) is 5.98. The minimum absolute atomic E-state index is 0.0878. The van der Waals surface area contributed by atoms with Crippen molar-refractivity contribution in [3.05, 3.63) is 0 Å². The predicted molar refractivity (Wildman–Crippen MR) is 88.3 cm³/mol. The molecule has 6 heteroatoms. The monoisotopic (exact) mass is 326 g/mol. The molecule has 2 aliphatic heterocycles. The summed E-state index contributed by atoms with van der Waals surface area (Å²) >= 11 is 0. The van der Waals surface area contributed by atoms with Gasteiger partial charge in [0.25, 0.3) is 0 Å². The first-order valence-electron chi connectivity index (χ1n) is 9.17. The molecule has 5 nitrogen and oxygen atoms in total. The van der Waals surface area contributed by atoms with E-state index in [-0.39, 0.29) is 12.1 Å². The molecule has 1 amide bonds. The van der Waals surface area contributed by atoms with Crippen LogP contribution in [0.25, 0.3) is 0 Å². The second-order valence-electron chi connectivity index (χ2n) is 7.80. The van der Waals surface area contributed by atoms with Crippen molar-refractivity contribution in [3.8, 4) is 0 Å². The highest BCUT2D eigenvalue weighted by atomic mass is 19.1. The summed E-state index contributed by atoms with van der Waals surface area (Å²) in [5, 5.41) is 0. The van der Waals surface area contributed by atoms with Crippen LogP contribution in [0.5, 0.6) is 0 Å². The van der Waals surface area contributed by atoms with E-state index in [1.807, 2.05) is 0 Å². The number of hydrogen-bond acceptors (Lipinski definition) is 4. The Morgan fingerprint density at radius 3 is 2.52 bits per heavy atom. The number of nitrogens with zero attached hydrogens (tertiary/aromatic N) is 2. The van der Waals surface area contributed by atoms with Crippen LogP contribution in [0.2, 0.25) is 0 Å². The van der Waals surface area contributed by atoms with E-state index in [1.54, 1.807) is 0 Å². The van der Waals surface area contributed by atoms with E-state index < -0.39 is 6.17 Å². The zero-order chi connectivity index (χ0) is 16.4. The number of carbonyl (C=O) groups is 1. The Hall–Kier alpha value is -0.720. The van der Waals surface area contributed by atoms with E-state index in [1.165, 1.54) is 0 Å². The number of carbonyl (C=O) groups excluding carboxylic acids is 1. The van der Waals surface area contributed by atoms with Gasteiger partial charge in [-0.2, -0.15) is 0 Å². The molecule has 5 atom stereocenters. The number of alkyl halides is 1. The fraction of sp³-hybridized carbons (Fsp3) is 0.941. The molecule has 23 heavy (non-hydrogen) atoms. The first-order valence-corrected chi connectivity index (χ1v) is 9.17. The van der Waals surface area contributed by atoms with E-state index in [9.17, 15) is 9.18 Å². The van der Waals surface area contributed by atoms with Gasteiger partial charge < -0.3 is 4.90 Å². The summed E-state index contributed by atoms with van der Waals surface area (Å²) < 4.78 is 13.5. The van der Waals surface area contributed by atoms with Crippen molar-refractivity contribution in [3.63, 3.8) is 0 Å². The van der Waals surface area contributed by atoms with Gasteiger partial charge in [0.2, 0.25) is 5.91 Å². The summed E-state index contributed by atoms with van der Waals surface area (Å²) in [7, 11) is 0. The lowest BCUT2D eigenvalue weighted by molar-refractivity contribution is -0.128. The van der Waals surface area contributed by atoms with Crippen molar-refractivity contribution in [1.82, 2.24) is 20.7 Å². The first kappa shape index (κ1) is 17.1. The Balaban J connectivity index is 1.44. The fourth-order valence-corrected chi connectivity index (χ4v) is 4.42. The van der Waals surface area contributed by atoms with Crippen molar-refractivity contribution >= 4 is 5.91 Å². The Bertz CT molecular complexity index is 413. The van der Waals surface area contributed by atoms with E-state index in [2.05, 4.69) is 34.5 Å². The highest BCUT2D eigenvalue weighted by Gasteiger charge is 2.34. The minimum atomic E-state index is -0.577. The quantitative estimate of drug-likeness (QED) is 0.822. The third kappa shape index (κ3) is 4.22. The van der Waals surface area contributed by atoms with Crippen LogP contribution in [0.4, 0.5) is 4.39 Å². The maximum Gasteiger partial charge on any atom is 0.234 e. The molecule has 5 unspecified atom stereocenters. The van der Waals surface area contributed by atoms with Gasteiger partial charge in [0.1, 0.15) is 6.17 Å². The normalized spacial score (nSPS) is 40.8. The molecule has 2 saturated heterocycles. The molecular formula is C17H31FN4O. The van der Waals surface area contributed by atoms with Crippen molar-refractivity contribution < 1.29 is 9.18 Å². The number of hydrogen-bond donors (Lipinski definition) is 2. The van der Waals surface area contributed by atoms with Crippen molar-refractivity contribution in [1.29, 1.82) is 0 Å². The first-order chi connectivity index (χ1) is 11.0. The highest BCUT2D eigenvalue weighted by Crippen LogP contribution is 2.32. The second-order valence-corrected chi connectivity index (χ2v) is 7.80. The molecule has 1 aliphatic carbocycles. The predicted octanol–water partition coefficient (Wildman–Crippen LogP) is 1.37. The molecule has 0 aromatic heterocycles. The number of hydrazine groups is 1. The Morgan fingerprint density at radius 1 is 1.13 bits per heavy atom. The summed E-state index contributed by atoms with van der Waals surface area (Å²) in [5.41, 5.74) is 5.93. The van der Waals surface area contributed by atoms with Gasteiger partial charge in [0, 0.05) is 39.1 Å². The van der Waals surface area contributed by atoms with Gasteiger partial charge in [-0.15, -0.1) is 0 Å². The molecule has 3 rings (SSSR count). The van der Waals surface area contributed by atoms with Gasteiger partial charge in [0.05, 0.1) is 6.17 Å². The Kier molecular flexibility index (Phi) is 5.54. The van der Waals surface area contributed by atoms with Gasteiger partial charge in [-0.3, -0.25) is 15.1 Å². The summed E-state index contributed by atoms with van der Waals surface area (Å²) in [5.74, 6) is 1.59. The molecule has 0 radical (unpaired) electrons. The number of amides is 1. The van der Waals surface area contributed by atoms with E-state index in [0.29, 0.717) is 24.2 Å². The van der Waals surface area contributed by atoms with Gasteiger partial charge in [-0.1, -0.05) is 13.8 Å². The van der Waals surface area contributed by atoms with Gasteiger partial charge in [-0.05, 0) is 37.0 Å². The van der Waals surface area contributed by atoms with E-state index >= 15 is 0 Å². The molecule has 3 aliphatic rings. The van der Waals surface area contributed by atoms with Crippen LogP contribution in [0.1, 0.15) is 39.5 Å². The van der Waals surface area contributed by atoms with E-state index in [0.717, 1.165) is 52.0 Å². The third-order valence-electron chi connectivity index (χ3n) is 5.98. The average molecular weight is 326 g/mol. The smallest absolute Gasteiger partial charge is 0.234 e. The van der Waals surface area contributed by atoms with Crippen molar-refractivity contribution in [2.24, 2.45) is 17.8 Å². The lowest BCUT2D eigenvalue weighted by Gasteiger charge is -2.44. The number of halogens is 1. The van der Waals surface area contributed by atoms with Crippen LogP contribution in [0.15, 0.2) is 0 Å². The average Bonchev–Trinajstić information content (AvgIpc) is 2.51. The van der Waals surface area contributed by atoms with Crippen LogP contribution in [-0.4, -0.2) is 60.8 Å². The number of nitrogens with one attached hydrogen (secondary N) is 2. The van der Waals surface area contributed by atoms with Crippen LogP contribution in [-0.2, 0) is 4.79 Å². The largest absolute Gasteiger partial charge is 0.301 e. The lowest BCUT2D eigenvalue weighted by Crippen LogP contribution is -2.64. The molecule has 0 aromatic carbocycles. The summed E-state index contributed by atoms with van der Waals surface area (Å²) in [6.45, 7) is 9.67. The topological polar surface area (TPSA) is 47.6 Å². The van der Waals surface area contributed by atoms with Gasteiger partial charge in [0.15, 0.2) is 0 Å². The number of rotatable bonds is 3. The lowest BCUT2D eigenvalue weighted by atomic mass is 9.79. The molecule has 0 bridgehead atoms. The van der Waals surface area contributed by atoms with Crippen LogP contribution >= 0.6 is 0 Å². The van der Waals surface area contributed by atoms with Crippen LogP contribution in [0, 0.1) is 17.8 Å². The molecular weight excluding hydrogens is 295 g/mol. The molecule has 132 valence electrons. The Morgan fingerprint density at radius 2 is 1.87 bits per heavy atom. The van der Waals surface area contributed by atoms with Crippen molar-refractivity contribution in [2.45, 2.75) is 51.9 Å². The summed E-state index contributed by atoms with van der Waals surface area (Å²) in [6, 6.07) is 0. The molecule has 0 spiro atoms. The molecule has 1 saturated carbocycles. The summed E-state index contributed by atoms with van der Waals surface area (Å²) in [6.07, 6.45) is 2.80. The highest BCUT2D eigenvalue weighted by molar-refractivity contribution is 5.76. The maximum absolute atomic E-state index is 13.5. The van der Waals surface area contributed by atoms with E-state index in [4.69, 9.17) is 0 Å². The molecule has 2 N–H and O–H groups in total. The van der Waals surface area contributed by atoms with Gasteiger partial charge in [-0.25, -0.2) is 9.82 Å². The zero-order valence-corrected chi connectivity index (χ0v) is 14.4. The standard InChI is InChI=1S/C17H31FN4O/c1-12-9-15(18)4-3-14(12)11-21-5-7-22(8-6-21)17-13(2)10-16(23)19-20-17/h12-15,17,20H,3-11H2,1-2H3,(H,19,23). The second kappa shape index (κ2) is 7.45. The molecule has 2 heterocycles. The molecule has 0 aromatic rings.